The first-order valence-electron chi connectivity index (χ1n) is 9.44. The zero-order valence-corrected chi connectivity index (χ0v) is 16.0. The van der Waals surface area contributed by atoms with E-state index in [1.54, 1.807) is 12.1 Å². The van der Waals surface area contributed by atoms with Gasteiger partial charge in [-0.2, -0.15) is 5.10 Å². The van der Waals surface area contributed by atoms with Crippen LogP contribution in [0.5, 0.6) is 0 Å². The Kier molecular flexibility index (Phi) is 4.86. The zero-order chi connectivity index (χ0) is 19.7. The van der Waals surface area contributed by atoms with Gasteiger partial charge in [0.1, 0.15) is 5.82 Å². The van der Waals surface area contributed by atoms with E-state index >= 15 is 0 Å². The quantitative estimate of drug-likeness (QED) is 0.725. The molecule has 1 aromatic heterocycles. The van der Waals surface area contributed by atoms with E-state index in [0.29, 0.717) is 12.1 Å². The van der Waals surface area contributed by atoms with E-state index in [2.05, 4.69) is 20.4 Å². The first-order valence-corrected chi connectivity index (χ1v) is 9.44. The highest BCUT2D eigenvalue weighted by Crippen LogP contribution is 2.24. The summed E-state index contributed by atoms with van der Waals surface area (Å²) in [6.07, 6.45) is 0.870. The molecule has 2 aromatic carbocycles. The van der Waals surface area contributed by atoms with Crippen LogP contribution in [0, 0.1) is 19.7 Å². The molecule has 0 aliphatic carbocycles. The molecule has 0 saturated carbocycles. The van der Waals surface area contributed by atoms with Gasteiger partial charge in [0, 0.05) is 30.8 Å². The number of carbonyl (C=O) groups excluding carboxylic acids is 1. The Morgan fingerprint density at radius 3 is 2.68 bits per heavy atom. The molecular weight excluding hydrogens is 355 g/mol. The van der Waals surface area contributed by atoms with E-state index < -0.39 is 0 Å². The van der Waals surface area contributed by atoms with Crippen molar-refractivity contribution in [2.75, 3.05) is 18.0 Å². The van der Waals surface area contributed by atoms with E-state index in [-0.39, 0.29) is 17.8 Å². The highest BCUT2D eigenvalue weighted by atomic mass is 19.1. The van der Waals surface area contributed by atoms with Gasteiger partial charge >= 0.3 is 0 Å². The Morgan fingerprint density at radius 1 is 1.14 bits per heavy atom. The number of hydrogen-bond acceptors (Lipinski definition) is 3. The second kappa shape index (κ2) is 7.46. The third-order valence-electron chi connectivity index (χ3n) is 5.34. The highest BCUT2D eigenvalue weighted by molar-refractivity contribution is 5.94. The summed E-state index contributed by atoms with van der Waals surface area (Å²) in [6.45, 7) is 5.59. The molecule has 0 radical (unpaired) electrons. The van der Waals surface area contributed by atoms with Gasteiger partial charge in [-0.1, -0.05) is 6.07 Å². The predicted octanol–water partition coefficient (Wildman–Crippen LogP) is 3.84. The number of nitrogens with one attached hydrogen (secondary N) is 2. The second-order valence-electron chi connectivity index (χ2n) is 7.35. The number of halogens is 1. The molecule has 1 atom stereocenters. The molecule has 1 unspecified atom stereocenters. The van der Waals surface area contributed by atoms with Gasteiger partial charge in [0.05, 0.1) is 5.69 Å². The summed E-state index contributed by atoms with van der Waals surface area (Å²) in [6, 6.07) is 14.1. The maximum Gasteiger partial charge on any atom is 0.251 e. The van der Waals surface area contributed by atoms with Gasteiger partial charge in [0.25, 0.3) is 5.91 Å². The largest absolute Gasteiger partial charge is 0.353 e. The Balaban J connectivity index is 1.39. The van der Waals surface area contributed by atoms with Crippen molar-refractivity contribution in [3.8, 4) is 11.3 Å². The number of anilines is 1. The molecule has 1 aliphatic rings. The lowest BCUT2D eigenvalue weighted by Gasteiger charge is -2.16. The maximum absolute atomic E-state index is 13.1. The molecule has 2 N–H and O–H groups in total. The fourth-order valence-corrected chi connectivity index (χ4v) is 3.49. The van der Waals surface area contributed by atoms with E-state index in [0.717, 1.165) is 35.6 Å². The number of aryl methyl sites for hydroxylation is 2. The summed E-state index contributed by atoms with van der Waals surface area (Å²) in [7, 11) is 0. The first kappa shape index (κ1) is 18.2. The summed E-state index contributed by atoms with van der Waals surface area (Å²) < 4.78 is 13.1. The predicted molar refractivity (Wildman–Crippen MR) is 108 cm³/mol. The topological polar surface area (TPSA) is 61.0 Å². The van der Waals surface area contributed by atoms with Crippen molar-refractivity contribution in [3.63, 3.8) is 0 Å². The number of aromatic nitrogens is 2. The number of H-pyrrole nitrogens is 1. The monoisotopic (exact) mass is 378 g/mol. The highest BCUT2D eigenvalue weighted by Gasteiger charge is 2.26. The molecule has 1 amide bonds. The van der Waals surface area contributed by atoms with Crippen molar-refractivity contribution in [1.29, 1.82) is 0 Å². The molecule has 144 valence electrons. The molecule has 28 heavy (non-hydrogen) atoms. The number of rotatable bonds is 4. The van der Waals surface area contributed by atoms with E-state index in [1.807, 2.05) is 38.1 Å². The van der Waals surface area contributed by atoms with Crippen LogP contribution in [0.2, 0.25) is 0 Å². The minimum atomic E-state index is -0.259. The third kappa shape index (κ3) is 3.76. The first-order chi connectivity index (χ1) is 13.5. The van der Waals surface area contributed by atoms with Crippen molar-refractivity contribution in [2.24, 2.45) is 0 Å². The van der Waals surface area contributed by atoms with Gasteiger partial charge in [-0.05, 0) is 73.4 Å². The molecule has 0 bridgehead atoms. The Bertz CT molecular complexity index is 996. The van der Waals surface area contributed by atoms with Crippen LogP contribution in [-0.2, 0) is 0 Å². The molecule has 0 spiro atoms. The van der Waals surface area contributed by atoms with Crippen molar-refractivity contribution >= 4 is 11.7 Å². The van der Waals surface area contributed by atoms with Gasteiger partial charge in [0.2, 0.25) is 0 Å². The minimum Gasteiger partial charge on any atom is -0.353 e. The van der Waals surface area contributed by atoms with Crippen molar-refractivity contribution < 1.29 is 9.18 Å². The van der Waals surface area contributed by atoms with Crippen LogP contribution in [0.4, 0.5) is 10.2 Å². The van der Waals surface area contributed by atoms with Crippen molar-refractivity contribution in [2.45, 2.75) is 26.3 Å². The van der Waals surface area contributed by atoms with Crippen molar-refractivity contribution in [3.05, 3.63) is 71.0 Å². The molecule has 3 aromatic rings. The summed E-state index contributed by atoms with van der Waals surface area (Å²) in [5.41, 5.74) is 4.72. The molecule has 5 nitrogen and oxygen atoms in total. The summed E-state index contributed by atoms with van der Waals surface area (Å²) in [5.74, 6) is 0.539. The lowest BCUT2D eigenvalue weighted by molar-refractivity contribution is 0.0940. The van der Waals surface area contributed by atoms with Crippen LogP contribution in [0.15, 0.2) is 48.5 Å². The molecular formula is C22H23FN4O. The number of benzene rings is 2. The molecule has 1 aliphatic heterocycles. The maximum atomic E-state index is 13.1. The number of aromatic amines is 1. The average molecular weight is 378 g/mol. The molecule has 1 fully saturated rings. The van der Waals surface area contributed by atoms with E-state index in [9.17, 15) is 9.18 Å². The lowest BCUT2D eigenvalue weighted by Crippen LogP contribution is -2.37. The SMILES string of the molecule is Cc1ccc(C(=O)NC2CCN(c3cc(-c4ccc(F)cc4)[nH]n3)C2)cc1C. The van der Waals surface area contributed by atoms with Gasteiger partial charge in [-0.15, -0.1) is 0 Å². The van der Waals surface area contributed by atoms with Crippen LogP contribution in [0.1, 0.15) is 27.9 Å². The van der Waals surface area contributed by atoms with Crippen LogP contribution >= 0.6 is 0 Å². The smallest absolute Gasteiger partial charge is 0.251 e. The molecule has 1 saturated heterocycles. The van der Waals surface area contributed by atoms with Gasteiger partial charge in [0.15, 0.2) is 5.82 Å². The van der Waals surface area contributed by atoms with Crippen LogP contribution < -0.4 is 10.2 Å². The second-order valence-corrected chi connectivity index (χ2v) is 7.35. The zero-order valence-electron chi connectivity index (χ0n) is 16.0. The van der Waals surface area contributed by atoms with Crippen LogP contribution in [-0.4, -0.2) is 35.2 Å². The normalized spacial score (nSPS) is 16.4. The summed E-state index contributed by atoms with van der Waals surface area (Å²) >= 11 is 0. The standard InChI is InChI=1S/C22H23FN4O/c1-14-3-4-17(11-15(14)2)22(28)24-19-9-10-27(13-19)21-12-20(25-26-21)16-5-7-18(23)8-6-16/h3-8,11-12,19H,9-10,13H2,1-2H3,(H,24,28)(H,25,26). The van der Waals surface area contributed by atoms with Gasteiger partial charge in [-0.25, -0.2) is 4.39 Å². The molecule has 4 rings (SSSR count). The number of carbonyl (C=O) groups is 1. The fourth-order valence-electron chi connectivity index (χ4n) is 3.49. The van der Waals surface area contributed by atoms with Gasteiger partial charge < -0.3 is 10.2 Å². The fraction of sp³-hybridized carbons (Fsp3) is 0.273. The van der Waals surface area contributed by atoms with Gasteiger partial charge in [-0.3, -0.25) is 9.89 Å². The molecule has 6 heteroatoms. The third-order valence-corrected chi connectivity index (χ3v) is 5.34. The van der Waals surface area contributed by atoms with Crippen molar-refractivity contribution in [1.82, 2.24) is 15.5 Å². The Hall–Kier alpha value is -3.15. The number of hydrogen-bond donors (Lipinski definition) is 2. The average Bonchev–Trinajstić information content (AvgIpc) is 3.34. The summed E-state index contributed by atoms with van der Waals surface area (Å²) in [4.78, 5) is 14.7. The number of nitrogens with zero attached hydrogens (tertiary/aromatic N) is 2. The Labute approximate surface area is 163 Å². The molecule has 2 heterocycles. The number of amides is 1. The minimum absolute atomic E-state index is 0.0380. The van der Waals surface area contributed by atoms with Crippen LogP contribution in [0.3, 0.4) is 0 Å². The van der Waals surface area contributed by atoms with Crippen LogP contribution in [0.25, 0.3) is 11.3 Å². The van der Waals surface area contributed by atoms with E-state index in [4.69, 9.17) is 0 Å². The Morgan fingerprint density at radius 2 is 1.93 bits per heavy atom. The lowest BCUT2D eigenvalue weighted by atomic mass is 10.1. The van der Waals surface area contributed by atoms with E-state index in [1.165, 1.54) is 17.7 Å². The summed E-state index contributed by atoms with van der Waals surface area (Å²) in [5, 5.41) is 10.5.